The number of nitrogens with zero attached hydrogens (tertiary/aromatic N) is 2. The van der Waals surface area contributed by atoms with Crippen molar-refractivity contribution in [2.75, 3.05) is 17.7 Å². The summed E-state index contributed by atoms with van der Waals surface area (Å²) in [6.45, 7) is 0.560. The zero-order valence-corrected chi connectivity index (χ0v) is 16.0. The highest BCUT2D eigenvalue weighted by Crippen LogP contribution is 2.20. The second-order valence-electron chi connectivity index (χ2n) is 6.55. The van der Waals surface area contributed by atoms with Crippen molar-refractivity contribution in [3.05, 3.63) is 78.0 Å². The predicted molar refractivity (Wildman–Crippen MR) is 113 cm³/mol. The molecule has 4 aromatic rings. The Morgan fingerprint density at radius 1 is 0.966 bits per heavy atom. The van der Waals surface area contributed by atoms with Crippen LogP contribution in [0.4, 0.5) is 11.6 Å². The van der Waals surface area contributed by atoms with Gasteiger partial charge in [-0.2, -0.15) is 0 Å². The van der Waals surface area contributed by atoms with E-state index in [0.717, 1.165) is 27.8 Å². The number of nitrogens with one attached hydrogen (secondary N) is 3. The molecule has 2 aromatic carbocycles. The Kier molecular flexibility index (Phi) is 5.38. The molecule has 0 aliphatic rings. The van der Waals surface area contributed by atoms with Gasteiger partial charge in [0.15, 0.2) is 5.82 Å². The quantitative estimate of drug-likeness (QED) is 0.449. The number of ether oxygens (including phenoxy) is 1. The molecular formula is C22H21N5O2. The lowest BCUT2D eigenvalue weighted by atomic mass is 10.1. The number of aromatic nitrogens is 3. The Hall–Kier alpha value is -3.87. The molecule has 4 rings (SSSR count). The fraction of sp³-hybridized carbons (Fsp3) is 0.136. The van der Waals surface area contributed by atoms with Crippen LogP contribution in [0.2, 0.25) is 0 Å². The van der Waals surface area contributed by atoms with Crippen molar-refractivity contribution in [3.63, 3.8) is 0 Å². The smallest absolute Gasteiger partial charge is 0.230 e. The van der Waals surface area contributed by atoms with Gasteiger partial charge in [0.05, 0.1) is 13.5 Å². The van der Waals surface area contributed by atoms with Gasteiger partial charge in [0.2, 0.25) is 5.91 Å². The Labute approximate surface area is 168 Å². The van der Waals surface area contributed by atoms with Gasteiger partial charge in [-0.25, -0.2) is 0 Å². The lowest BCUT2D eigenvalue weighted by molar-refractivity contribution is -0.115. The van der Waals surface area contributed by atoms with Crippen LogP contribution in [0.15, 0.2) is 66.9 Å². The molecule has 146 valence electrons. The third-order valence-corrected chi connectivity index (χ3v) is 4.61. The Morgan fingerprint density at radius 2 is 1.72 bits per heavy atom. The van der Waals surface area contributed by atoms with Gasteiger partial charge in [0.25, 0.3) is 0 Å². The summed E-state index contributed by atoms with van der Waals surface area (Å²) >= 11 is 0. The van der Waals surface area contributed by atoms with Gasteiger partial charge in [-0.05, 0) is 29.8 Å². The molecule has 29 heavy (non-hydrogen) atoms. The van der Waals surface area contributed by atoms with Crippen LogP contribution in [0, 0.1) is 0 Å². The Balaban J connectivity index is 1.35. The predicted octanol–water partition coefficient (Wildman–Crippen LogP) is 3.76. The van der Waals surface area contributed by atoms with E-state index in [9.17, 15) is 4.79 Å². The molecule has 0 radical (unpaired) electrons. The average molecular weight is 387 g/mol. The number of amides is 1. The molecule has 7 heteroatoms. The fourth-order valence-corrected chi connectivity index (χ4v) is 3.17. The highest BCUT2D eigenvalue weighted by atomic mass is 16.5. The molecule has 0 bridgehead atoms. The zero-order chi connectivity index (χ0) is 20.1. The van der Waals surface area contributed by atoms with Crippen molar-refractivity contribution in [1.82, 2.24) is 15.2 Å². The third-order valence-electron chi connectivity index (χ3n) is 4.61. The number of fused-ring (bicyclic) bond motifs is 1. The van der Waals surface area contributed by atoms with Crippen LogP contribution in [0.5, 0.6) is 5.75 Å². The van der Waals surface area contributed by atoms with E-state index in [2.05, 4.69) is 25.8 Å². The number of aromatic amines is 1. The summed E-state index contributed by atoms with van der Waals surface area (Å²) in [4.78, 5) is 15.5. The maximum atomic E-state index is 12.4. The van der Waals surface area contributed by atoms with Gasteiger partial charge in [0, 0.05) is 29.2 Å². The summed E-state index contributed by atoms with van der Waals surface area (Å²) in [6.07, 6.45) is 2.13. The molecule has 7 nitrogen and oxygen atoms in total. The average Bonchev–Trinajstić information content (AvgIpc) is 3.16. The highest BCUT2D eigenvalue weighted by molar-refractivity contribution is 5.95. The number of hydrogen-bond acceptors (Lipinski definition) is 5. The molecule has 0 atom stereocenters. The fourth-order valence-electron chi connectivity index (χ4n) is 3.17. The molecular weight excluding hydrogens is 366 g/mol. The molecule has 3 N–H and O–H groups in total. The molecule has 0 unspecified atom stereocenters. The summed E-state index contributed by atoms with van der Waals surface area (Å²) in [5.41, 5.74) is 2.98. The number of H-pyrrole nitrogens is 1. The number of carbonyl (C=O) groups excluding carboxylic acids is 1. The van der Waals surface area contributed by atoms with Gasteiger partial charge >= 0.3 is 0 Å². The maximum absolute atomic E-state index is 12.4. The van der Waals surface area contributed by atoms with E-state index in [4.69, 9.17) is 4.74 Å². The largest absolute Gasteiger partial charge is 0.496 e. The van der Waals surface area contributed by atoms with Crippen molar-refractivity contribution in [2.45, 2.75) is 13.0 Å². The summed E-state index contributed by atoms with van der Waals surface area (Å²) in [6, 6.07) is 19.2. The van der Waals surface area contributed by atoms with Gasteiger partial charge in [-0.1, -0.05) is 36.4 Å². The first kappa shape index (κ1) is 18.5. The number of carbonyl (C=O) groups is 1. The summed E-state index contributed by atoms with van der Waals surface area (Å²) in [5, 5.41) is 15.2. The minimum atomic E-state index is -0.140. The van der Waals surface area contributed by atoms with Gasteiger partial charge in [-0.3, -0.25) is 4.79 Å². The highest BCUT2D eigenvalue weighted by Gasteiger charge is 2.10. The van der Waals surface area contributed by atoms with Crippen molar-refractivity contribution in [1.29, 1.82) is 0 Å². The van der Waals surface area contributed by atoms with Crippen molar-refractivity contribution in [3.8, 4) is 5.75 Å². The minimum Gasteiger partial charge on any atom is -0.496 e. The van der Waals surface area contributed by atoms with E-state index in [0.29, 0.717) is 18.2 Å². The van der Waals surface area contributed by atoms with E-state index in [1.807, 2.05) is 54.7 Å². The van der Waals surface area contributed by atoms with E-state index in [1.165, 1.54) is 0 Å². The third kappa shape index (κ3) is 4.35. The summed E-state index contributed by atoms with van der Waals surface area (Å²) < 4.78 is 5.34. The monoisotopic (exact) mass is 387 g/mol. The minimum absolute atomic E-state index is 0.140. The first-order chi connectivity index (χ1) is 14.2. The van der Waals surface area contributed by atoms with Crippen LogP contribution in [0.3, 0.4) is 0 Å². The molecule has 0 aliphatic heterocycles. The SMILES string of the molecule is COc1ccccc1CNc1ccc(NC(=O)Cc2c[nH]c3ccccc23)nn1. The Morgan fingerprint density at radius 3 is 2.55 bits per heavy atom. The molecule has 0 aliphatic carbocycles. The van der Waals surface area contributed by atoms with Crippen LogP contribution in [0.1, 0.15) is 11.1 Å². The van der Waals surface area contributed by atoms with Crippen molar-refractivity contribution < 1.29 is 9.53 Å². The summed E-state index contributed by atoms with van der Waals surface area (Å²) in [5.74, 6) is 1.70. The lowest BCUT2D eigenvalue weighted by Crippen LogP contribution is -2.15. The Bertz CT molecular complexity index is 1120. The zero-order valence-electron chi connectivity index (χ0n) is 16.0. The molecule has 2 heterocycles. The van der Waals surface area contributed by atoms with Crippen molar-refractivity contribution in [2.24, 2.45) is 0 Å². The lowest BCUT2D eigenvalue weighted by Gasteiger charge is -2.10. The normalized spacial score (nSPS) is 10.7. The number of benzene rings is 2. The number of anilines is 2. The molecule has 0 fully saturated rings. The molecule has 1 amide bonds. The van der Waals surface area contributed by atoms with Crippen LogP contribution < -0.4 is 15.4 Å². The van der Waals surface area contributed by atoms with Gasteiger partial charge < -0.3 is 20.4 Å². The van der Waals surface area contributed by atoms with Gasteiger partial charge in [0.1, 0.15) is 11.6 Å². The second kappa shape index (κ2) is 8.43. The summed E-state index contributed by atoms with van der Waals surface area (Å²) in [7, 11) is 1.65. The van der Waals surface area contributed by atoms with E-state index in [1.54, 1.807) is 19.2 Å². The topological polar surface area (TPSA) is 91.9 Å². The van der Waals surface area contributed by atoms with E-state index < -0.39 is 0 Å². The van der Waals surface area contributed by atoms with Crippen LogP contribution >= 0.6 is 0 Å². The van der Waals surface area contributed by atoms with Crippen LogP contribution in [-0.2, 0) is 17.8 Å². The maximum Gasteiger partial charge on any atom is 0.230 e. The number of rotatable bonds is 7. The van der Waals surface area contributed by atoms with Crippen molar-refractivity contribution >= 4 is 28.4 Å². The van der Waals surface area contributed by atoms with Gasteiger partial charge in [-0.15, -0.1) is 10.2 Å². The second-order valence-corrected chi connectivity index (χ2v) is 6.55. The standard InChI is InChI=1S/C22H21N5O2/c1-29-19-9-5-2-6-15(19)13-24-20-10-11-21(27-26-20)25-22(28)12-16-14-23-18-8-4-3-7-17(16)18/h2-11,14,23H,12-13H2,1H3,(H,24,26)(H,25,27,28). The van der Waals surface area contributed by atoms with Crippen LogP contribution in [0.25, 0.3) is 10.9 Å². The van der Waals surface area contributed by atoms with E-state index >= 15 is 0 Å². The first-order valence-corrected chi connectivity index (χ1v) is 9.27. The van der Waals surface area contributed by atoms with E-state index in [-0.39, 0.29) is 12.3 Å². The number of hydrogen-bond donors (Lipinski definition) is 3. The van der Waals surface area contributed by atoms with Crippen LogP contribution in [-0.4, -0.2) is 28.2 Å². The molecule has 0 saturated carbocycles. The molecule has 0 spiro atoms. The molecule has 2 aromatic heterocycles. The number of methoxy groups -OCH3 is 1. The number of para-hydroxylation sites is 2. The molecule has 0 saturated heterocycles. The first-order valence-electron chi connectivity index (χ1n) is 9.27.